The molecule has 2 rings (SSSR count). The van der Waals surface area contributed by atoms with Crippen molar-refractivity contribution in [1.29, 1.82) is 0 Å². The summed E-state index contributed by atoms with van der Waals surface area (Å²) >= 11 is 0. The molecule has 0 spiro atoms. The maximum atomic E-state index is 5.51. The Labute approximate surface area is 129 Å². The second-order valence-electron chi connectivity index (χ2n) is 6.36. The molecular weight excluding hydrogens is 264 g/mol. The van der Waals surface area contributed by atoms with Crippen LogP contribution in [0.15, 0.2) is 4.99 Å². The Bertz CT molecular complexity index is 328. The molecular formula is C16H32N4O. The summed E-state index contributed by atoms with van der Waals surface area (Å²) in [4.78, 5) is 7.30. The van der Waals surface area contributed by atoms with Crippen molar-refractivity contribution in [3.63, 3.8) is 0 Å². The molecule has 0 radical (unpaired) electrons. The smallest absolute Gasteiger partial charge is 0.191 e. The van der Waals surface area contributed by atoms with E-state index in [9.17, 15) is 0 Å². The van der Waals surface area contributed by atoms with Crippen LogP contribution in [0.5, 0.6) is 0 Å². The highest BCUT2D eigenvalue weighted by molar-refractivity contribution is 5.80. The molecule has 1 heterocycles. The number of nitrogens with zero attached hydrogens (tertiary/aromatic N) is 2. The molecule has 0 aromatic rings. The predicted octanol–water partition coefficient (Wildman–Crippen LogP) is 1.59. The molecule has 21 heavy (non-hydrogen) atoms. The van der Waals surface area contributed by atoms with Crippen LogP contribution in [0.3, 0.4) is 0 Å². The molecule has 1 aliphatic carbocycles. The molecule has 2 atom stereocenters. The normalized spacial score (nSPS) is 26.8. The highest BCUT2D eigenvalue weighted by Gasteiger charge is 2.23. The van der Waals surface area contributed by atoms with Gasteiger partial charge in [-0.15, -0.1) is 0 Å². The zero-order valence-corrected chi connectivity index (χ0v) is 13.9. The van der Waals surface area contributed by atoms with E-state index >= 15 is 0 Å². The first-order valence-electron chi connectivity index (χ1n) is 8.59. The van der Waals surface area contributed by atoms with Crippen molar-refractivity contribution >= 4 is 5.96 Å². The number of ether oxygens (including phenoxy) is 1. The van der Waals surface area contributed by atoms with Crippen LogP contribution in [0.4, 0.5) is 0 Å². The van der Waals surface area contributed by atoms with Crippen molar-refractivity contribution in [1.82, 2.24) is 15.5 Å². The van der Waals surface area contributed by atoms with Crippen LogP contribution in [-0.4, -0.2) is 61.8 Å². The molecule has 2 unspecified atom stereocenters. The number of nitrogens with one attached hydrogen (secondary N) is 2. The molecule has 5 heteroatoms. The van der Waals surface area contributed by atoms with Crippen molar-refractivity contribution in [2.24, 2.45) is 4.99 Å². The lowest BCUT2D eigenvalue weighted by Crippen LogP contribution is -2.50. The molecule has 1 saturated carbocycles. The Kier molecular flexibility index (Phi) is 6.77. The average Bonchev–Trinajstić information content (AvgIpc) is 2.98. The topological polar surface area (TPSA) is 48.9 Å². The van der Waals surface area contributed by atoms with Crippen LogP contribution in [0, 0.1) is 0 Å². The summed E-state index contributed by atoms with van der Waals surface area (Å²) in [5.74, 6) is 0.983. The second-order valence-corrected chi connectivity index (χ2v) is 6.36. The molecule has 0 aromatic carbocycles. The summed E-state index contributed by atoms with van der Waals surface area (Å²) in [6.07, 6.45) is 5.25. The van der Waals surface area contributed by atoms with E-state index in [4.69, 9.17) is 9.73 Å². The molecule has 1 aliphatic heterocycles. The molecule has 0 bridgehead atoms. The van der Waals surface area contributed by atoms with Gasteiger partial charge in [-0.1, -0.05) is 12.8 Å². The minimum atomic E-state index is 0.461. The average molecular weight is 296 g/mol. The maximum Gasteiger partial charge on any atom is 0.191 e. The van der Waals surface area contributed by atoms with Gasteiger partial charge in [-0.2, -0.15) is 0 Å². The van der Waals surface area contributed by atoms with Crippen molar-refractivity contribution < 1.29 is 4.74 Å². The predicted molar refractivity (Wildman–Crippen MR) is 87.8 cm³/mol. The summed E-state index contributed by atoms with van der Waals surface area (Å²) < 4.78 is 5.51. The Balaban J connectivity index is 1.84. The summed E-state index contributed by atoms with van der Waals surface area (Å²) in [7, 11) is 0. The zero-order valence-electron chi connectivity index (χ0n) is 13.9. The van der Waals surface area contributed by atoms with Crippen molar-refractivity contribution in [3.8, 4) is 0 Å². The molecule has 2 N–H and O–H groups in total. The first-order valence-corrected chi connectivity index (χ1v) is 8.59. The monoisotopic (exact) mass is 296 g/mol. The van der Waals surface area contributed by atoms with Crippen LogP contribution < -0.4 is 10.6 Å². The molecule has 0 amide bonds. The van der Waals surface area contributed by atoms with Gasteiger partial charge >= 0.3 is 0 Å². The van der Waals surface area contributed by atoms with Gasteiger partial charge in [0.25, 0.3) is 0 Å². The zero-order chi connectivity index (χ0) is 15.1. The maximum absolute atomic E-state index is 5.51. The molecule has 5 nitrogen and oxygen atoms in total. The first kappa shape index (κ1) is 16.6. The van der Waals surface area contributed by atoms with Gasteiger partial charge in [-0.05, 0) is 33.6 Å². The standard InChI is InChI=1S/C16H32N4O/c1-4-17-16(19-15-7-5-6-8-15)18-11-13(2)20-9-10-21-12-14(20)3/h13-15H,4-12H2,1-3H3,(H2,17,18,19). The Hall–Kier alpha value is -0.810. The quantitative estimate of drug-likeness (QED) is 0.597. The third kappa shape index (κ3) is 5.15. The first-order chi connectivity index (χ1) is 10.2. The van der Waals surface area contributed by atoms with Crippen LogP contribution >= 0.6 is 0 Å². The lowest BCUT2D eigenvalue weighted by atomic mass is 10.2. The van der Waals surface area contributed by atoms with E-state index in [0.29, 0.717) is 18.1 Å². The van der Waals surface area contributed by atoms with Crippen LogP contribution in [0.1, 0.15) is 46.5 Å². The van der Waals surface area contributed by atoms with Crippen molar-refractivity contribution in [2.75, 3.05) is 32.8 Å². The lowest BCUT2D eigenvalue weighted by Gasteiger charge is -2.37. The fraction of sp³-hybridized carbons (Fsp3) is 0.938. The van der Waals surface area contributed by atoms with Gasteiger partial charge in [0.05, 0.1) is 19.8 Å². The highest BCUT2D eigenvalue weighted by Crippen LogP contribution is 2.17. The van der Waals surface area contributed by atoms with E-state index in [1.165, 1.54) is 25.7 Å². The number of guanidine groups is 1. The Morgan fingerprint density at radius 2 is 2.14 bits per heavy atom. The van der Waals surface area contributed by atoms with Crippen LogP contribution in [-0.2, 0) is 4.74 Å². The minimum Gasteiger partial charge on any atom is -0.379 e. The lowest BCUT2D eigenvalue weighted by molar-refractivity contribution is -0.0165. The summed E-state index contributed by atoms with van der Waals surface area (Å²) in [6.45, 7) is 11.1. The van der Waals surface area contributed by atoms with E-state index in [1.54, 1.807) is 0 Å². The van der Waals surface area contributed by atoms with Gasteiger partial charge in [0.2, 0.25) is 0 Å². The Morgan fingerprint density at radius 3 is 2.81 bits per heavy atom. The van der Waals surface area contributed by atoms with Gasteiger partial charge < -0.3 is 15.4 Å². The third-order valence-electron chi connectivity index (χ3n) is 4.54. The number of hydrogen-bond acceptors (Lipinski definition) is 3. The van der Waals surface area contributed by atoms with Gasteiger partial charge in [0.1, 0.15) is 0 Å². The number of rotatable bonds is 5. The summed E-state index contributed by atoms with van der Waals surface area (Å²) in [5.41, 5.74) is 0. The number of morpholine rings is 1. The van der Waals surface area contributed by atoms with Crippen LogP contribution in [0.25, 0.3) is 0 Å². The third-order valence-corrected chi connectivity index (χ3v) is 4.54. The van der Waals surface area contributed by atoms with E-state index < -0.39 is 0 Å². The van der Waals surface area contributed by atoms with Gasteiger partial charge in [0, 0.05) is 31.2 Å². The molecule has 0 aromatic heterocycles. The fourth-order valence-electron chi connectivity index (χ4n) is 3.31. The van der Waals surface area contributed by atoms with Gasteiger partial charge in [0.15, 0.2) is 5.96 Å². The largest absolute Gasteiger partial charge is 0.379 e. The van der Waals surface area contributed by atoms with Crippen LogP contribution in [0.2, 0.25) is 0 Å². The van der Waals surface area contributed by atoms with E-state index in [0.717, 1.165) is 38.8 Å². The van der Waals surface area contributed by atoms with Gasteiger partial charge in [-0.3, -0.25) is 9.89 Å². The number of aliphatic imine (C=N–C) groups is 1. The Morgan fingerprint density at radius 1 is 1.38 bits per heavy atom. The fourth-order valence-corrected chi connectivity index (χ4v) is 3.31. The SMILES string of the molecule is CCNC(=NCC(C)N1CCOCC1C)NC1CCCC1. The van der Waals surface area contributed by atoms with Crippen molar-refractivity contribution in [3.05, 3.63) is 0 Å². The van der Waals surface area contributed by atoms with E-state index in [1.807, 2.05) is 0 Å². The van der Waals surface area contributed by atoms with Gasteiger partial charge in [-0.25, -0.2) is 0 Å². The number of hydrogen-bond donors (Lipinski definition) is 2. The molecule has 2 aliphatic rings. The minimum absolute atomic E-state index is 0.461. The highest BCUT2D eigenvalue weighted by atomic mass is 16.5. The van der Waals surface area contributed by atoms with E-state index in [2.05, 4.69) is 36.3 Å². The summed E-state index contributed by atoms with van der Waals surface area (Å²) in [6, 6.07) is 1.57. The molecule has 1 saturated heterocycles. The second kappa shape index (κ2) is 8.59. The van der Waals surface area contributed by atoms with Crippen molar-refractivity contribution in [2.45, 2.75) is 64.6 Å². The van der Waals surface area contributed by atoms with E-state index in [-0.39, 0.29) is 0 Å². The molecule has 2 fully saturated rings. The molecule has 122 valence electrons. The summed E-state index contributed by atoms with van der Waals surface area (Å²) in [5, 5.41) is 6.96.